The molecule has 660 valence electrons. The number of halogens is 9. The Morgan fingerprint density at radius 3 is 1.11 bits per heavy atom. The third-order valence-corrected chi connectivity index (χ3v) is 37.5. The molecule has 0 radical (unpaired) electrons. The number of aliphatic hydroxyl groups is 2. The van der Waals surface area contributed by atoms with Gasteiger partial charge in [-0.1, -0.05) is 129 Å². The van der Waals surface area contributed by atoms with Crippen molar-refractivity contribution >= 4 is 49.4 Å². The van der Waals surface area contributed by atoms with Crippen molar-refractivity contribution in [2.75, 3.05) is 6.26 Å². The van der Waals surface area contributed by atoms with Crippen LogP contribution in [0.5, 0.6) is 0 Å². The number of aryl methyl sites for hydroxylation is 3. The standard InChI is InChI=1S/C33H42F3NO2SSi.C27H28F3NO2S.C27H45NO4SSi.C8H7F3O/c1-32(2,3)41(4,5)39-28-12-8-11-27-30(28)29(24-17-18-40-21-24)26(31(37-27)23-9-6-7-10-23)20-38-19-22-13-15-25(16-14-22)33(34,35)36;28-27(29,30)20-10-8-17(9-11-20)14-33-15-21-24(19-12-13-34-16-19)25-22(6-3-7-23(25)32)31-26(21)18-4-1-2-5-18;1-27(2,3)34(5,6)32-23-17-11-16-22-25(23)24(19-12-7-8-13-19)21(18-31-33(4,29)30)26(28-22)20-14-9-10-15-20;9-8(10,11)7-3-1-6(5-12)2-4-7/h13-18,21,23,28H,6-12,19-20H2,1-5H3;8-13,16,18,23,32H,1-7,14-15H2;19-20,23H,7-18H2,1-6H3;1-4,12H,5H2. The van der Waals surface area contributed by atoms with Crippen LogP contribution in [0.15, 0.2) is 106 Å². The molecule has 0 amide bonds. The molecule has 26 heteroatoms. The predicted molar refractivity (Wildman–Crippen MR) is 467 cm³/mol. The Morgan fingerprint density at radius 1 is 0.413 bits per heavy atom. The summed E-state index contributed by atoms with van der Waals surface area (Å²) >= 11 is 3.31. The van der Waals surface area contributed by atoms with Gasteiger partial charge in [-0.05, 0) is 266 Å². The van der Waals surface area contributed by atoms with Crippen LogP contribution in [0.2, 0.25) is 36.3 Å². The van der Waals surface area contributed by atoms with Gasteiger partial charge in [-0.3, -0.25) is 19.1 Å². The third-order valence-electron chi connectivity index (χ3n) is 26.6. The first-order chi connectivity index (χ1) is 57.2. The summed E-state index contributed by atoms with van der Waals surface area (Å²) in [5, 5.41) is 28.2. The van der Waals surface area contributed by atoms with Gasteiger partial charge in [-0.25, -0.2) is 0 Å². The fraction of sp³-hybridized carbons (Fsp3) is 0.568. The Morgan fingerprint density at radius 2 is 0.752 bits per heavy atom. The summed E-state index contributed by atoms with van der Waals surface area (Å²) in [6.45, 7) is 24.1. The average molecular weight is 1770 g/mol. The molecule has 121 heavy (non-hydrogen) atoms. The Labute approximate surface area is 720 Å². The van der Waals surface area contributed by atoms with Crippen LogP contribution in [0.3, 0.4) is 0 Å². The Kier molecular flexibility index (Phi) is 31.0. The Bertz CT molecular complexity index is 4830. The largest absolute Gasteiger partial charge is 0.416 e. The van der Waals surface area contributed by atoms with Crippen molar-refractivity contribution in [1.29, 1.82) is 0 Å². The molecular weight excluding hydrogens is 1650 g/mol. The minimum absolute atomic E-state index is 0.00617. The summed E-state index contributed by atoms with van der Waals surface area (Å²) in [7, 11) is -7.57. The van der Waals surface area contributed by atoms with Crippen molar-refractivity contribution in [3.05, 3.63) is 213 Å². The maximum atomic E-state index is 13.1. The number of ether oxygens (including phenoxy) is 2. The molecule has 2 N–H and O–H groups in total. The van der Waals surface area contributed by atoms with Gasteiger partial charge < -0.3 is 28.5 Å². The predicted octanol–water partition coefficient (Wildman–Crippen LogP) is 27.6. The number of fused-ring (bicyclic) bond motifs is 3. The number of hydrogen-bond acceptors (Lipinski definition) is 14. The maximum Gasteiger partial charge on any atom is 0.416 e. The van der Waals surface area contributed by atoms with E-state index in [0.717, 1.165) is 201 Å². The minimum Gasteiger partial charge on any atom is -0.410 e. The molecule has 0 saturated heterocycles. The van der Waals surface area contributed by atoms with Gasteiger partial charge in [0.2, 0.25) is 0 Å². The molecule has 5 aromatic heterocycles. The van der Waals surface area contributed by atoms with Crippen LogP contribution in [-0.2, 0) is 110 Å². The smallest absolute Gasteiger partial charge is 0.410 e. The molecule has 0 spiro atoms. The van der Waals surface area contributed by atoms with Crippen molar-refractivity contribution in [3.8, 4) is 22.3 Å². The number of alkyl halides is 9. The van der Waals surface area contributed by atoms with Crippen molar-refractivity contribution < 1.29 is 80.7 Å². The first-order valence-corrected chi connectivity index (χ1v) is 53.0. The highest BCUT2D eigenvalue weighted by Gasteiger charge is 2.46. The molecule has 3 unspecified atom stereocenters. The van der Waals surface area contributed by atoms with Gasteiger partial charge in [0.1, 0.15) is 0 Å². The highest BCUT2D eigenvalue weighted by molar-refractivity contribution is 7.85. The monoisotopic (exact) mass is 1770 g/mol. The zero-order valence-electron chi connectivity index (χ0n) is 72.1. The van der Waals surface area contributed by atoms with E-state index in [1.807, 2.05) is 5.38 Å². The zero-order chi connectivity index (χ0) is 87.0. The van der Waals surface area contributed by atoms with Gasteiger partial charge in [0.25, 0.3) is 10.1 Å². The summed E-state index contributed by atoms with van der Waals surface area (Å²) in [4.78, 5) is 15.9. The second-order valence-electron chi connectivity index (χ2n) is 37.2. The molecular formula is C95H122F9N3O9S3Si2. The Hall–Kier alpha value is -6.02. The molecule has 4 saturated carbocycles. The van der Waals surface area contributed by atoms with Gasteiger partial charge in [-0.15, -0.1) is 0 Å². The summed E-state index contributed by atoms with van der Waals surface area (Å²) in [6.07, 6.45) is 15.1. The van der Waals surface area contributed by atoms with Gasteiger partial charge in [0, 0.05) is 85.3 Å². The lowest BCUT2D eigenvalue weighted by molar-refractivity contribution is -0.138. The van der Waals surface area contributed by atoms with E-state index in [1.165, 1.54) is 140 Å². The van der Waals surface area contributed by atoms with Crippen molar-refractivity contribution in [3.63, 3.8) is 0 Å². The number of aromatic nitrogens is 3. The molecule has 3 atom stereocenters. The van der Waals surface area contributed by atoms with E-state index in [9.17, 15) is 53.0 Å². The lowest BCUT2D eigenvalue weighted by atomic mass is 9.79. The fourth-order valence-electron chi connectivity index (χ4n) is 18.2. The van der Waals surface area contributed by atoms with Gasteiger partial charge in [0.15, 0.2) is 16.6 Å². The summed E-state index contributed by atoms with van der Waals surface area (Å²) in [5.74, 6) is 1.67. The van der Waals surface area contributed by atoms with Crippen LogP contribution in [0.25, 0.3) is 22.3 Å². The Balaban J connectivity index is 0.000000156. The van der Waals surface area contributed by atoms with E-state index in [2.05, 4.69) is 96.0 Å². The summed E-state index contributed by atoms with van der Waals surface area (Å²) in [5.41, 5.74) is 19.3. The van der Waals surface area contributed by atoms with Crippen LogP contribution in [0.4, 0.5) is 39.5 Å². The maximum absolute atomic E-state index is 13.1. The van der Waals surface area contributed by atoms with E-state index in [1.54, 1.807) is 22.7 Å². The summed E-state index contributed by atoms with van der Waals surface area (Å²) in [6, 6.07) is 19.1. The summed E-state index contributed by atoms with van der Waals surface area (Å²) < 4.78 is 170. The van der Waals surface area contributed by atoms with Crippen LogP contribution >= 0.6 is 22.7 Å². The SMILES string of the molecule is CC(C)(C)[Si](C)(C)OC1CCCc2nc(C3CCCC3)c(COCc3ccc(C(F)(F)F)cc3)c(-c3ccsc3)c21.CC(C)(C)[Si](C)(C)OC1CCCc2nc(C3CCCC3)c(COS(C)(=O)=O)c(C3CCCC3)c21.OC1CCCc2nc(C3CCCC3)c(COCc3ccc(C(F)(F)F)cc3)c(-c3ccsc3)c21.OCc1ccc(C(F)(F)F)cc1. The highest BCUT2D eigenvalue weighted by atomic mass is 32.2. The molecule has 8 aromatic rings. The topological polar surface area (TPSA) is 159 Å². The number of aliphatic hydroxyl groups excluding tert-OH is 2. The first-order valence-electron chi connectivity index (χ1n) is 43.5. The lowest BCUT2D eigenvalue weighted by Crippen LogP contribution is -2.42. The molecule has 0 aliphatic heterocycles. The number of nitrogens with zero attached hydrogens (tertiary/aromatic N) is 3. The lowest BCUT2D eigenvalue weighted by Gasteiger charge is -2.42. The van der Waals surface area contributed by atoms with Crippen molar-refractivity contribution in [1.82, 2.24) is 15.0 Å². The molecule has 15 rings (SSSR count). The fourth-order valence-corrected chi connectivity index (χ4v) is 22.4. The zero-order valence-corrected chi connectivity index (χ0v) is 76.5. The molecule has 12 nitrogen and oxygen atoms in total. The molecule has 0 bridgehead atoms. The van der Waals surface area contributed by atoms with Crippen LogP contribution in [-0.4, -0.2) is 56.5 Å². The van der Waals surface area contributed by atoms with E-state index < -0.39 is 68.1 Å². The van der Waals surface area contributed by atoms with E-state index >= 15 is 0 Å². The molecule has 7 aliphatic rings. The molecule has 7 aliphatic carbocycles. The second kappa shape index (κ2) is 39.9. The minimum atomic E-state index is -4.35. The van der Waals surface area contributed by atoms with E-state index in [-0.39, 0.29) is 48.7 Å². The molecule has 4 fully saturated rings. The van der Waals surface area contributed by atoms with Crippen LogP contribution in [0, 0.1) is 0 Å². The van der Waals surface area contributed by atoms with Gasteiger partial charge in [0.05, 0.1) is 80.9 Å². The molecule has 3 aromatic carbocycles. The van der Waals surface area contributed by atoms with Crippen molar-refractivity contribution in [2.24, 2.45) is 0 Å². The van der Waals surface area contributed by atoms with E-state index in [0.29, 0.717) is 48.0 Å². The van der Waals surface area contributed by atoms with Gasteiger partial charge >= 0.3 is 18.5 Å². The van der Waals surface area contributed by atoms with Crippen LogP contribution in [0.1, 0.15) is 331 Å². The normalized spacial score (nSPS) is 19.2. The van der Waals surface area contributed by atoms with Crippen LogP contribution < -0.4 is 0 Å². The first kappa shape index (κ1) is 94.1. The van der Waals surface area contributed by atoms with Crippen molar-refractivity contribution in [2.45, 2.75) is 338 Å². The quantitative estimate of drug-likeness (QED) is 0.0376. The molecule has 5 heterocycles. The number of benzene rings is 3. The third kappa shape index (κ3) is 23.6. The highest BCUT2D eigenvalue weighted by Crippen LogP contribution is 2.54. The number of pyridine rings is 3. The number of rotatable bonds is 22. The number of thiophene rings is 2. The van der Waals surface area contributed by atoms with Gasteiger partial charge in [-0.2, -0.15) is 70.6 Å². The number of hydrogen-bond donors (Lipinski definition) is 2. The van der Waals surface area contributed by atoms with E-state index in [4.69, 9.17) is 42.6 Å². The average Bonchev–Trinajstić information content (AvgIpc) is 1.75. The second-order valence-corrected chi connectivity index (χ2v) is 50.0.